The second-order valence-corrected chi connectivity index (χ2v) is 5.37. The smallest absolute Gasteiger partial charge is 0.313 e. The fraction of sp³-hybridized carbons (Fsp3) is 0.400. The Morgan fingerprint density at radius 2 is 2.13 bits per heavy atom. The highest BCUT2D eigenvalue weighted by Crippen LogP contribution is 2.23. The van der Waals surface area contributed by atoms with E-state index in [1.54, 1.807) is 12.4 Å². The van der Waals surface area contributed by atoms with Crippen LogP contribution in [-0.2, 0) is 5.41 Å². The Labute approximate surface area is 95.5 Å². The number of halogens is 1. The highest BCUT2D eigenvalue weighted by atomic mass is 79.9. The van der Waals surface area contributed by atoms with Crippen molar-refractivity contribution >= 4 is 21.6 Å². The summed E-state index contributed by atoms with van der Waals surface area (Å²) in [6, 6.07) is 0. The molecule has 1 N–H and O–H groups in total. The quantitative estimate of drug-likeness (QED) is 0.796. The molecule has 2 heterocycles. The van der Waals surface area contributed by atoms with E-state index in [0.29, 0.717) is 5.65 Å². The molecule has 0 radical (unpaired) electrons. The van der Waals surface area contributed by atoms with E-state index in [-0.39, 0.29) is 11.1 Å². The zero-order chi connectivity index (χ0) is 11.2. The first-order valence-corrected chi connectivity index (χ1v) is 5.45. The fourth-order valence-electron chi connectivity index (χ4n) is 1.32. The van der Waals surface area contributed by atoms with Crippen LogP contribution in [0.2, 0.25) is 0 Å². The number of imidazole rings is 1. The maximum atomic E-state index is 11.5. The minimum absolute atomic E-state index is 0.0576. The predicted molar refractivity (Wildman–Crippen MR) is 62.2 cm³/mol. The van der Waals surface area contributed by atoms with Gasteiger partial charge < -0.3 is 4.98 Å². The third-order valence-electron chi connectivity index (χ3n) is 2.23. The molecule has 5 heteroatoms. The first-order chi connectivity index (χ1) is 6.89. The van der Waals surface area contributed by atoms with Crippen LogP contribution in [0.25, 0.3) is 5.65 Å². The van der Waals surface area contributed by atoms with Crippen molar-refractivity contribution in [1.82, 2.24) is 14.4 Å². The Hall–Kier alpha value is -1.10. The van der Waals surface area contributed by atoms with Gasteiger partial charge in [-0.2, -0.15) is 0 Å². The Morgan fingerprint density at radius 1 is 1.47 bits per heavy atom. The summed E-state index contributed by atoms with van der Waals surface area (Å²) in [6.07, 6.45) is 3.38. The topological polar surface area (TPSA) is 50.2 Å². The Balaban J connectivity index is 2.82. The van der Waals surface area contributed by atoms with E-state index >= 15 is 0 Å². The van der Waals surface area contributed by atoms with E-state index in [1.165, 1.54) is 4.40 Å². The van der Waals surface area contributed by atoms with Crippen LogP contribution < -0.4 is 5.69 Å². The van der Waals surface area contributed by atoms with Crippen LogP contribution in [0.15, 0.2) is 21.7 Å². The largest absolute Gasteiger partial charge is 0.331 e. The molecule has 0 saturated heterocycles. The average Bonchev–Trinajstić information content (AvgIpc) is 2.56. The van der Waals surface area contributed by atoms with Crippen LogP contribution in [-0.4, -0.2) is 14.4 Å². The number of aromatic amines is 1. The summed E-state index contributed by atoms with van der Waals surface area (Å²) in [5.41, 5.74) is 1.33. The lowest BCUT2D eigenvalue weighted by molar-refractivity contribution is 0.573. The lowest BCUT2D eigenvalue weighted by Crippen LogP contribution is -2.15. The number of nitrogens with one attached hydrogen (secondary N) is 1. The van der Waals surface area contributed by atoms with Crippen molar-refractivity contribution in [2.24, 2.45) is 0 Å². The Kier molecular flexibility index (Phi) is 2.22. The summed E-state index contributed by atoms with van der Waals surface area (Å²) < 4.78 is 2.31. The molecule has 0 spiro atoms. The lowest BCUT2D eigenvalue weighted by Gasteiger charge is -2.13. The summed E-state index contributed by atoms with van der Waals surface area (Å²) in [5.74, 6) is 0. The molecule has 0 unspecified atom stereocenters. The number of rotatable bonds is 0. The average molecular weight is 270 g/mol. The van der Waals surface area contributed by atoms with Crippen molar-refractivity contribution in [2.45, 2.75) is 26.2 Å². The zero-order valence-corrected chi connectivity index (χ0v) is 10.4. The van der Waals surface area contributed by atoms with Gasteiger partial charge in [-0.05, 0) is 15.9 Å². The van der Waals surface area contributed by atoms with Gasteiger partial charge in [-0.3, -0.25) is 4.40 Å². The maximum Gasteiger partial charge on any atom is 0.331 e. The number of hydrogen-bond donors (Lipinski definition) is 1. The molecule has 0 aliphatic heterocycles. The van der Waals surface area contributed by atoms with E-state index in [0.717, 1.165) is 10.2 Å². The van der Waals surface area contributed by atoms with Gasteiger partial charge in [-0.1, -0.05) is 20.8 Å². The summed E-state index contributed by atoms with van der Waals surface area (Å²) in [6.45, 7) is 6.20. The fourth-order valence-corrected chi connectivity index (χ4v) is 1.72. The van der Waals surface area contributed by atoms with Crippen LogP contribution >= 0.6 is 15.9 Å². The number of hydrogen-bond acceptors (Lipinski definition) is 2. The molecule has 0 aromatic carbocycles. The summed E-state index contributed by atoms with van der Waals surface area (Å²) in [7, 11) is 0. The van der Waals surface area contributed by atoms with Crippen molar-refractivity contribution in [2.75, 3.05) is 0 Å². The minimum Gasteiger partial charge on any atom is -0.313 e. The van der Waals surface area contributed by atoms with E-state index in [2.05, 4.69) is 46.7 Å². The number of fused-ring (bicyclic) bond motifs is 1. The van der Waals surface area contributed by atoms with E-state index in [4.69, 9.17) is 0 Å². The minimum atomic E-state index is -0.170. The highest BCUT2D eigenvalue weighted by molar-refractivity contribution is 9.10. The summed E-state index contributed by atoms with van der Waals surface area (Å²) in [5, 5.41) is 0. The van der Waals surface area contributed by atoms with Gasteiger partial charge in [0, 0.05) is 17.8 Å². The van der Waals surface area contributed by atoms with Gasteiger partial charge in [-0.15, -0.1) is 0 Å². The van der Waals surface area contributed by atoms with Crippen LogP contribution in [0.3, 0.4) is 0 Å². The lowest BCUT2D eigenvalue weighted by atomic mass is 9.93. The van der Waals surface area contributed by atoms with E-state index < -0.39 is 0 Å². The monoisotopic (exact) mass is 269 g/mol. The second-order valence-electron chi connectivity index (χ2n) is 4.51. The zero-order valence-electron chi connectivity index (χ0n) is 8.84. The molecule has 15 heavy (non-hydrogen) atoms. The standard InChI is InChI=1S/C10H12BrN3O/c1-10(2,3)7-5-14-8(13-7)6(11)4-12-9(14)15/h4-5H,1-3H3,(H,12,15). The van der Waals surface area contributed by atoms with Crippen LogP contribution in [0.1, 0.15) is 26.5 Å². The molecule has 0 fully saturated rings. The van der Waals surface area contributed by atoms with Gasteiger partial charge in [0.1, 0.15) is 0 Å². The molecule has 0 atom stereocenters. The molecule has 2 aromatic heterocycles. The molecule has 80 valence electrons. The first-order valence-electron chi connectivity index (χ1n) is 4.66. The van der Waals surface area contributed by atoms with E-state index in [1.807, 2.05) is 0 Å². The molecular formula is C10H12BrN3O. The number of aromatic nitrogens is 3. The number of nitrogens with zero attached hydrogens (tertiary/aromatic N) is 2. The second kappa shape index (κ2) is 3.20. The van der Waals surface area contributed by atoms with E-state index in [9.17, 15) is 4.79 Å². The van der Waals surface area contributed by atoms with Crippen molar-refractivity contribution in [3.8, 4) is 0 Å². The van der Waals surface area contributed by atoms with Crippen molar-refractivity contribution in [3.05, 3.63) is 33.0 Å². The Bertz CT molecular complexity index is 562. The molecular weight excluding hydrogens is 258 g/mol. The van der Waals surface area contributed by atoms with Crippen LogP contribution in [0.4, 0.5) is 0 Å². The molecule has 0 aliphatic rings. The normalized spacial score (nSPS) is 12.3. The summed E-state index contributed by atoms with van der Waals surface area (Å²) >= 11 is 3.36. The van der Waals surface area contributed by atoms with Gasteiger partial charge in [0.15, 0.2) is 5.65 Å². The molecule has 4 nitrogen and oxygen atoms in total. The summed E-state index contributed by atoms with van der Waals surface area (Å²) in [4.78, 5) is 18.6. The molecule has 0 amide bonds. The van der Waals surface area contributed by atoms with Crippen LogP contribution in [0.5, 0.6) is 0 Å². The molecule has 0 aliphatic carbocycles. The van der Waals surface area contributed by atoms with Crippen LogP contribution in [0, 0.1) is 0 Å². The molecule has 0 saturated carbocycles. The predicted octanol–water partition coefficient (Wildman–Crippen LogP) is 2.08. The van der Waals surface area contributed by atoms with Gasteiger partial charge in [0.25, 0.3) is 0 Å². The SMILES string of the molecule is CC(C)(C)c1cn2c(=O)[nH]cc(Br)c2n1. The molecule has 2 rings (SSSR count). The third-order valence-corrected chi connectivity index (χ3v) is 2.81. The maximum absolute atomic E-state index is 11.5. The molecule has 0 bridgehead atoms. The van der Waals surface area contributed by atoms with Gasteiger partial charge in [0.2, 0.25) is 0 Å². The van der Waals surface area contributed by atoms with Gasteiger partial charge >= 0.3 is 5.69 Å². The van der Waals surface area contributed by atoms with Crippen molar-refractivity contribution in [1.29, 1.82) is 0 Å². The Morgan fingerprint density at radius 3 is 2.67 bits per heavy atom. The van der Waals surface area contributed by atoms with Gasteiger partial charge in [0.05, 0.1) is 10.2 Å². The molecule has 2 aromatic rings. The van der Waals surface area contributed by atoms with Crippen molar-refractivity contribution in [3.63, 3.8) is 0 Å². The third kappa shape index (κ3) is 1.71. The first kappa shape index (κ1) is 10.4. The van der Waals surface area contributed by atoms with Gasteiger partial charge in [-0.25, -0.2) is 9.78 Å². The number of H-pyrrole nitrogens is 1. The van der Waals surface area contributed by atoms with Crippen molar-refractivity contribution < 1.29 is 0 Å². The highest BCUT2D eigenvalue weighted by Gasteiger charge is 2.19.